The molecule has 0 saturated carbocycles. The Labute approximate surface area is 87.1 Å². The van der Waals surface area contributed by atoms with Crippen LogP contribution in [0.3, 0.4) is 0 Å². The van der Waals surface area contributed by atoms with E-state index in [4.69, 9.17) is 5.26 Å². The lowest BCUT2D eigenvalue weighted by Gasteiger charge is -2.08. The molecule has 0 aliphatic rings. The number of carbonyl (C=O) groups excluding carboxylic acids is 1. The van der Waals surface area contributed by atoms with Crippen LogP contribution in [0.25, 0.3) is 0 Å². The van der Waals surface area contributed by atoms with Crippen molar-refractivity contribution in [1.82, 2.24) is 0 Å². The first-order valence-electron chi connectivity index (χ1n) is 4.51. The van der Waals surface area contributed by atoms with E-state index < -0.39 is 17.7 Å². The quantitative estimate of drug-likeness (QED) is 0.712. The molecule has 1 rings (SSSR count). The molecule has 1 aromatic rings. The molecule has 0 aliphatic heterocycles. The first-order valence-corrected chi connectivity index (χ1v) is 4.51. The summed E-state index contributed by atoms with van der Waals surface area (Å²) in [5.41, 5.74) is 0.0541. The Hall–Kier alpha value is -1.89. The largest absolute Gasteiger partial charge is 0.465 e. The normalized spacial score (nSPS) is 11.5. The number of hydrogen-bond donors (Lipinski definition) is 0. The second kappa shape index (κ2) is 5.11. The van der Waals surface area contributed by atoms with Crippen LogP contribution in [0.1, 0.15) is 18.4 Å². The highest BCUT2D eigenvalue weighted by atomic mass is 19.1. The molecule has 0 aromatic heterocycles. The molecule has 0 spiro atoms. The summed E-state index contributed by atoms with van der Waals surface area (Å²) in [4.78, 5) is 11.3. The van der Waals surface area contributed by atoms with Gasteiger partial charge in [-0.1, -0.05) is 18.2 Å². The Morgan fingerprint density at radius 3 is 2.80 bits per heavy atom. The number of halogens is 1. The molecule has 78 valence electrons. The standard InChI is InChI=1S/C11H10FNO2/c1-2-15-11(14)9(7-13)8-5-3-4-6-10(8)12/h3-6,9H,2H2,1H3/t9-/m0/s1. The maximum absolute atomic E-state index is 13.3. The van der Waals surface area contributed by atoms with Gasteiger partial charge in [0.2, 0.25) is 0 Å². The molecule has 1 aromatic carbocycles. The first kappa shape index (κ1) is 11.2. The van der Waals surface area contributed by atoms with Crippen LogP contribution in [0.2, 0.25) is 0 Å². The van der Waals surface area contributed by atoms with Gasteiger partial charge < -0.3 is 4.74 Å². The Kier molecular flexibility index (Phi) is 3.81. The van der Waals surface area contributed by atoms with Gasteiger partial charge in [0.25, 0.3) is 0 Å². The van der Waals surface area contributed by atoms with Gasteiger partial charge in [-0.15, -0.1) is 0 Å². The van der Waals surface area contributed by atoms with Gasteiger partial charge in [-0.3, -0.25) is 4.79 Å². The molecule has 0 amide bonds. The fourth-order valence-corrected chi connectivity index (χ4v) is 1.18. The maximum atomic E-state index is 13.3. The summed E-state index contributed by atoms with van der Waals surface area (Å²) in [5, 5.41) is 8.78. The Bertz CT molecular complexity index is 398. The van der Waals surface area contributed by atoms with Gasteiger partial charge in [0.05, 0.1) is 12.7 Å². The molecule has 0 fully saturated rings. The van der Waals surface area contributed by atoms with Crippen molar-refractivity contribution in [2.24, 2.45) is 0 Å². The second-order valence-corrected chi connectivity index (χ2v) is 2.84. The Morgan fingerprint density at radius 1 is 1.60 bits per heavy atom. The average molecular weight is 207 g/mol. The third-order valence-electron chi connectivity index (χ3n) is 1.87. The lowest BCUT2D eigenvalue weighted by atomic mass is 10.0. The van der Waals surface area contributed by atoms with Crippen molar-refractivity contribution in [1.29, 1.82) is 5.26 Å². The van der Waals surface area contributed by atoms with Crippen LogP contribution < -0.4 is 0 Å². The molecular formula is C11H10FNO2. The van der Waals surface area contributed by atoms with Gasteiger partial charge in [0.1, 0.15) is 5.82 Å². The SMILES string of the molecule is CCOC(=O)[C@@H](C#N)c1ccccc1F. The summed E-state index contributed by atoms with van der Waals surface area (Å²) in [7, 11) is 0. The summed E-state index contributed by atoms with van der Waals surface area (Å²) < 4.78 is 17.9. The van der Waals surface area contributed by atoms with Crippen LogP contribution in [-0.2, 0) is 9.53 Å². The second-order valence-electron chi connectivity index (χ2n) is 2.84. The molecule has 0 saturated heterocycles. The zero-order valence-electron chi connectivity index (χ0n) is 8.24. The van der Waals surface area contributed by atoms with Crippen LogP contribution >= 0.6 is 0 Å². The van der Waals surface area contributed by atoms with E-state index in [2.05, 4.69) is 4.74 Å². The monoisotopic (exact) mass is 207 g/mol. The van der Waals surface area contributed by atoms with E-state index >= 15 is 0 Å². The van der Waals surface area contributed by atoms with Crippen LogP contribution in [-0.4, -0.2) is 12.6 Å². The van der Waals surface area contributed by atoms with E-state index in [9.17, 15) is 9.18 Å². The van der Waals surface area contributed by atoms with E-state index in [1.54, 1.807) is 19.1 Å². The molecule has 0 unspecified atom stereocenters. The smallest absolute Gasteiger partial charge is 0.328 e. The minimum Gasteiger partial charge on any atom is -0.465 e. The zero-order valence-corrected chi connectivity index (χ0v) is 8.24. The average Bonchev–Trinajstić information content (AvgIpc) is 2.22. The fraction of sp³-hybridized carbons (Fsp3) is 0.273. The lowest BCUT2D eigenvalue weighted by Crippen LogP contribution is -2.15. The number of nitriles is 1. The van der Waals surface area contributed by atoms with Gasteiger partial charge >= 0.3 is 5.97 Å². The summed E-state index contributed by atoms with van der Waals surface area (Å²) in [5.74, 6) is -2.48. The van der Waals surface area contributed by atoms with E-state index in [1.807, 2.05) is 0 Å². The molecule has 3 nitrogen and oxygen atoms in total. The number of nitrogens with zero attached hydrogens (tertiary/aromatic N) is 1. The maximum Gasteiger partial charge on any atom is 0.328 e. The number of esters is 1. The number of hydrogen-bond acceptors (Lipinski definition) is 3. The number of carbonyl (C=O) groups is 1. The van der Waals surface area contributed by atoms with Crippen molar-refractivity contribution in [3.8, 4) is 6.07 Å². The lowest BCUT2D eigenvalue weighted by molar-refractivity contribution is -0.143. The van der Waals surface area contributed by atoms with Crippen molar-refractivity contribution >= 4 is 5.97 Å². The van der Waals surface area contributed by atoms with Crippen molar-refractivity contribution in [3.05, 3.63) is 35.6 Å². The molecule has 0 bridgehead atoms. The third kappa shape index (κ3) is 2.53. The van der Waals surface area contributed by atoms with Gasteiger partial charge in [0.15, 0.2) is 5.92 Å². The van der Waals surface area contributed by atoms with E-state index in [0.29, 0.717) is 0 Å². The molecule has 1 atom stereocenters. The molecule has 0 N–H and O–H groups in total. The molecule has 4 heteroatoms. The van der Waals surface area contributed by atoms with Gasteiger partial charge in [-0.2, -0.15) is 5.26 Å². The van der Waals surface area contributed by atoms with Crippen LogP contribution in [0, 0.1) is 17.1 Å². The molecular weight excluding hydrogens is 197 g/mol. The highest BCUT2D eigenvalue weighted by Gasteiger charge is 2.24. The van der Waals surface area contributed by atoms with Crippen LogP contribution in [0.15, 0.2) is 24.3 Å². The molecule has 0 aliphatic carbocycles. The first-order chi connectivity index (χ1) is 7.20. The summed E-state index contributed by atoms with van der Waals surface area (Å²) in [6.07, 6.45) is 0. The van der Waals surface area contributed by atoms with E-state index in [-0.39, 0.29) is 12.2 Å². The van der Waals surface area contributed by atoms with Gasteiger partial charge in [-0.05, 0) is 13.0 Å². The van der Waals surface area contributed by atoms with E-state index in [1.165, 1.54) is 18.2 Å². The number of rotatable bonds is 3. The minimum atomic E-state index is -1.19. The molecule has 0 heterocycles. The van der Waals surface area contributed by atoms with Gasteiger partial charge in [0, 0.05) is 5.56 Å². The Morgan fingerprint density at radius 2 is 2.27 bits per heavy atom. The minimum absolute atomic E-state index is 0.0541. The molecule has 0 radical (unpaired) electrons. The Balaban J connectivity index is 2.99. The number of ether oxygens (including phenoxy) is 1. The summed E-state index contributed by atoms with van der Waals surface area (Å²) in [6, 6.07) is 7.41. The van der Waals surface area contributed by atoms with Crippen molar-refractivity contribution in [2.45, 2.75) is 12.8 Å². The fourth-order valence-electron chi connectivity index (χ4n) is 1.18. The van der Waals surface area contributed by atoms with Crippen molar-refractivity contribution in [3.63, 3.8) is 0 Å². The summed E-state index contributed by atoms with van der Waals surface area (Å²) >= 11 is 0. The predicted octanol–water partition coefficient (Wildman–Crippen LogP) is 2.00. The van der Waals surface area contributed by atoms with Crippen LogP contribution in [0.4, 0.5) is 4.39 Å². The molecule has 15 heavy (non-hydrogen) atoms. The highest BCUT2D eigenvalue weighted by molar-refractivity contribution is 5.81. The predicted molar refractivity (Wildman–Crippen MR) is 51.4 cm³/mol. The van der Waals surface area contributed by atoms with Crippen LogP contribution in [0.5, 0.6) is 0 Å². The third-order valence-corrected chi connectivity index (χ3v) is 1.87. The van der Waals surface area contributed by atoms with Crippen molar-refractivity contribution < 1.29 is 13.9 Å². The van der Waals surface area contributed by atoms with E-state index in [0.717, 1.165) is 0 Å². The number of benzene rings is 1. The van der Waals surface area contributed by atoms with Gasteiger partial charge in [-0.25, -0.2) is 4.39 Å². The topological polar surface area (TPSA) is 50.1 Å². The highest BCUT2D eigenvalue weighted by Crippen LogP contribution is 2.19. The van der Waals surface area contributed by atoms with Crippen molar-refractivity contribution in [2.75, 3.05) is 6.61 Å². The zero-order chi connectivity index (χ0) is 11.3. The summed E-state index contributed by atoms with van der Waals surface area (Å²) in [6.45, 7) is 1.80.